The second-order valence-electron chi connectivity index (χ2n) is 9.83. The summed E-state index contributed by atoms with van der Waals surface area (Å²) < 4.78 is 7.22. The van der Waals surface area contributed by atoms with Gasteiger partial charge in [-0.1, -0.05) is 20.8 Å². The third-order valence-corrected chi connectivity index (χ3v) is 6.98. The first-order valence-corrected chi connectivity index (χ1v) is 11.4. The summed E-state index contributed by atoms with van der Waals surface area (Å²) in [4.78, 5) is 51.4. The summed E-state index contributed by atoms with van der Waals surface area (Å²) in [7, 11) is 0. The molecule has 33 heavy (non-hydrogen) atoms. The van der Waals surface area contributed by atoms with Gasteiger partial charge in [-0.3, -0.25) is 14.4 Å². The highest BCUT2D eigenvalue weighted by molar-refractivity contribution is 5.93. The molecule has 2 amide bonds. The van der Waals surface area contributed by atoms with Crippen LogP contribution in [-0.2, 0) is 19.1 Å². The molecule has 0 bridgehead atoms. The average Bonchev–Trinajstić information content (AvgIpc) is 3.46. The average molecular weight is 463 g/mol. The topological polar surface area (TPSA) is 144 Å². The van der Waals surface area contributed by atoms with E-state index in [-0.39, 0.29) is 24.4 Å². The molecule has 10 heteroatoms. The van der Waals surface area contributed by atoms with Gasteiger partial charge in [-0.05, 0) is 43.3 Å². The molecule has 4 N–H and O–H groups in total. The lowest BCUT2D eigenvalue weighted by atomic mass is 9.73. The molecule has 0 aliphatic carbocycles. The molecule has 182 valence electrons. The highest BCUT2D eigenvalue weighted by Gasteiger charge is 2.43. The maximum atomic E-state index is 13.6. The Bertz CT molecular complexity index is 905. The Morgan fingerprint density at radius 3 is 2.55 bits per heavy atom. The summed E-state index contributed by atoms with van der Waals surface area (Å²) in [5.74, 6) is -2.62. The van der Waals surface area contributed by atoms with Crippen molar-refractivity contribution in [1.82, 2.24) is 14.8 Å². The van der Waals surface area contributed by atoms with Gasteiger partial charge in [0.2, 0.25) is 11.8 Å². The Balaban J connectivity index is 1.85. The van der Waals surface area contributed by atoms with Gasteiger partial charge in [-0.15, -0.1) is 0 Å². The van der Waals surface area contributed by atoms with Gasteiger partial charge < -0.3 is 30.4 Å². The van der Waals surface area contributed by atoms with Gasteiger partial charge in [0.25, 0.3) is 0 Å². The number of nitrogens with two attached hydrogens (primary N) is 1. The van der Waals surface area contributed by atoms with Crippen LogP contribution in [0.4, 0.5) is 0 Å². The van der Waals surface area contributed by atoms with E-state index in [0.29, 0.717) is 6.54 Å². The number of carboxylic acids is 1. The van der Waals surface area contributed by atoms with Crippen molar-refractivity contribution in [3.05, 3.63) is 24.0 Å². The van der Waals surface area contributed by atoms with Crippen molar-refractivity contribution in [1.29, 1.82) is 0 Å². The van der Waals surface area contributed by atoms with Gasteiger partial charge >= 0.3 is 5.97 Å². The number of carbonyl (C=O) groups excluding carboxylic acids is 3. The zero-order chi connectivity index (χ0) is 24.3. The molecular weight excluding hydrogens is 428 g/mol. The van der Waals surface area contributed by atoms with Crippen molar-refractivity contribution in [2.24, 2.45) is 17.1 Å². The molecule has 1 aromatic rings. The number of amides is 2. The molecule has 2 aliphatic heterocycles. The zero-order valence-corrected chi connectivity index (χ0v) is 19.5. The van der Waals surface area contributed by atoms with Crippen molar-refractivity contribution < 1.29 is 29.0 Å². The number of ketones is 1. The van der Waals surface area contributed by atoms with Gasteiger partial charge in [0.15, 0.2) is 5.78 Å². The van der Waals surface area contributed by atoms with E-state index < -0.39 is 47.3 Å². The van der Waals surface area contributed by atoms with Gasteiger partial charge in [0.05, 0.1) is 11.7 Å². The predicted octanol–water partition coefficient (Wildman–Crippen LogP) is 0.814. The molecule has 1 aromatic heterocycles. The first-order chi connectivity index (χ1) is 15.5. The fourth-order valence-electron chi connectivity index (χ4n) is 4.74. The van der Waals surface area contributed by atoms with Crippen LogP contribution in [0.1, 0.15) is 56.4 Å². The smallest absolute Gasteiger partial charge is 0.337 e. The molecular formula is C23H34N4O6. The minimum atomic E-state index is -1.11. The lowest BCUT2D eigenvalue weighted by Gasteiger charge is -2.37. The maximum Gasteiger partial charge on any atom is 0.337 e. The molecule has 2 fully saturated rings. The van der Waals surface area contributed by atoms with E-state index >= 15 is 0 Å². The quantitative estimate of drug-likeness (QED) is 0.467. The van der Waals surface area contributed by atoms with Crippen LogP contribution < -0.4 is 11.1 Å². The second-order valence-corrected chi connectivity index (χ2v) is 9.83. The molecule has 4 unspecified atom stereocenters. The molecule has 0 radical (unpaired) electrons. The van der Waals surface area contributed by atoms with Gasteiger partial charge in [0, 0.05) is 25.4 Å². The maximum absolute atomic E-state index is 13.6. The van der Waals surface area contributed by atoms with Crippen LogP contribution in [0.5, 0.6) is 0 Å². The number of carbonyl (C=O) groups is 4. The second kappa shape index (κ2) is 10.0. The number of primary amides is 1. The van der Waals surface area contributed by atoms with Crippen LogP contribution in [0.15, 0.2) is 18.5 Å². The van der Waals surface area contributed by atoms with E-state index in [0.717, 1.165) is 25.9 Å². The number of ether oxygens (including phenoxy) is 1. The van der Waals surface area contributed by atoms with Gasteiger partial charge in [-0.25, -0.2) is 4.79 Å². The van der Waals surface area contributed by atoms with E-state index in [1.165, 1.54) is 23.0 Å². The first kappa shape index (κ1) is 24.9. The Morgan fingerprint density at radius 1 is 1.30 bits per heavy atom. The summed E-state index contributed by atoms with van der Waals surface area (Å²) in [6.07, 6.45) is 4.73. The number of nitrogens with zero attached hydrogens (tertiary/aromatic N) is 2. The van der Waals surface area contributed by atoms with Crippen LogP contribution in [-0.4, -0.2) is 76.5 Å². The molecule has 4 atom stereocenters. The number of rotatable bonds is 10. The van der Waals surface area contributed by atoms with Crippen LogP contribution >= 0.6 is 0 Å². The number of nitrogens with one attached hydrogen (secondary N) is 1. The number of carboxylic acid groups (broad SMARTS) is 1. The monoisotopic (exact) mass is 462 g/mol. The van der Waals surface area contributed by atoms with E-state index in [9.17, 15) is 24.3 Å². The van der Waals surface area contributed by atoms with Crippen molar-refractivity contribution in [2.45, 2.75) is 58.2 Å². The van der Waals surface area contributed by atoms with Crippen molar-refractivity contribution in [3.63, 3.8) is 0 Å². The molecule has 2 saturated heterocycles. The molecule has 10 nitrogen and oxygen atoms in total. The number of hydrogen-bond donors (Lipinski definition) is 3. The van der Waals surface area contributed by atoms with Crippen LogP contribution in [0.2, 0.25) is 0 Å². The molecule has 0 aromatic carbocycles. The van der Waals surface area contributed by atoms with E-state index in [2.05, 4.69) is 10.2 Å². The minimum absolute atomic E-state index is 0.0416. The minimum Gasteiger partial charge on any atom is -0.478 e. The van der Waals surface area contributed by atoms with Crippen molar-refractivity contribution in [2.75, 3.05) is 26.2 Å². The molecule has 0 saturated carbocycles. The number of Topliss-reactive ketones (excluding diaryl/α,β-unsaturated/α-hetero) is 1. The molecule has 3 heterocycles. The Labute approximate surface area is 193 Å². The number of likely N-dealkylation sites (tertiary alicyclic amines) is 1. The lowest BCUT2D eigenvalue weighted by Crippen LogP contribution is -2.52. The predicted molar refractivity (Wildman–Crippen MR) is 120 cm³/mol. The zero-order valence-electron chi connectivity index (χ0n) is 19.5. The standard InChI is InChI=1S/C23H34N4O6/c1-14(23(2,3)10-18(24)29)20(27-9-6-15(11-27)22(31)32)21(30)25-19-16(28)13-33-17(19)12-26-7-4-5-8-26/h6,9,11,14,17,19-20H,4-5,7-8,10,12-13H2,1-3H3,(H2,24,29)(H,25,30)(H,31,32). The molecule has 3 rings (SSSR count). The van der Waals surface area contributed by atoms with Crippen molar-refractivity contribution in [3.8, 4) is 0 Å². The van der Waals surface area contributed by atoms with Gasteiger partial charge in [0.1, 0.15) is 18.7 Å². The highest BCUT2D eigenvalue weighted by Crippen LogP contribution is 2.38. The van der Waals surface area contributed by atoms with Crippen molar-refractivity contribution >= 4 is 23.6 Å². The Hall–Kier alpha value is -2.72. The summed E-state index contributed by atoms with van der Waals surface area (Å²) in [6.45, 7) is 7.89. The van der Waals surface area contributed by atoms with Gasteiger partial charge in [-0.2, -0.15) is 0 Å². The number of aromatic carboxylic acids is 1. The summed E-state index contributed by atoms with van der Waals surface area (Å²) in [5.41, 5.74) is 4.81. The van der Waals surface area contributed by atoms with E-state index in [1.807, 2.05) is 20.8 Å². The fraction of sp³-hybridized carbons (Fsp3) is 0.652. The summed E-state index contributed by atoms with van der Waals surface area (Å²) >= 11 is 0. The van der Waals surface area contributed by atoms with Crippen LogP contribution in [0.25, 0.3) is 0 Å². The van der Waals surface area contributed by atoms with Crippen LogP contribution in [0.3, 0.4) is 0 Å². The summed E-state index contributed by atoms with van der Waals surface area (Å²) in [6, 6.07) is -0.217. The fourth-order valence-corrected chi connectivity index (χ4v) is 4.74. The van der Waals surface area contributed by atoms with E-state index in [1.54, 1.807) is 0 Å². The normalized spacial score (nSPS) is 23.4. The third kappa shape index (κ3) is 5.80. The third-order valence-electron chi connectivity index (χ3n) is 6.98. The molecule has 0 spiro atoms. The largest absolute Gasteiger partial charge is 0.478 e. The highest BCUT2D eigenvalue weighted by atomic mass is 16.5. The summed E-state index contributed by atoms with van der Waals surface area (Å²) in [5, 5.41) is 12.2. The SMILES string of the molecule is CC(C(C(=O)NC1C(=O)COC1CN1CCCC1)n1ccc(C(=O)O)c1)C(C)(C)CC(N)=O. The lowest BCUT2D eigenvalue weighted by molar-refractivity contribution is -0.132. The van der Waals surface area contributed by atoms with E-state index in [4.69, 9.17) is 10.5 Å². The number of hydrogen-bond acceptors (Lipinski definition) is 6. The Morgan fingerprint density at radius 2 is 1.97 bits per heavy atom. The molecule has 2 aliphatic rings. The number of aromatic nitrogens is 1. The Kier molecular flexibility index (Phi) is 7.58. The first-order valence-electron chi connectivity index (χ1n) is 11.4. The van der Waals surface area contributed by atoms with Crippen LogP contribution in [0, 0.1) is 11.3 Å².